The number of aromatic nitrogens is 3. The van der Waals surface area contributed by atoms with E-state index in [4.69, 9.17) is 16.7 Å². The van der Waals surface area contributed by atoms with Gasteiger partial charge in [0.2, 0.25) is 0 Å². The zero-order chi connectivity index (χ0) is 27.2. The van der Waals surface area contributed by atoms with Crippen LogP contribution < -0.4 is 21.5 Å². The molecule has 1 unspecified atom stereocenters. The number of rotatable bonds is 8. The van der Waals surface area contributed by atoms with Gasteiger partial charge in [0.05, 0.1) is 16.8 Å². The molecular weight excluding hydrogens is 512 g/mol. The molecule has 0 radical (unpaired) electrons. The van der Waals surface area contributed by atoms with Crippen molar-refractivity contribution in [2.45, 2.75) is 19.4 Å². The van der Waals surface area contributed by atoms with Gasteiger partial charge < -0.3 is 26.0 Å². The van der Waals surface area contributed by atoms with Gasteiger partial charge in [0.15, 0.2) is 0 Å². The van der Waals surface area contributed by atoms with Crippen LogP contribution in [-0.2, 0) is 0 Å². The van der Waals surface area contributed by atoms with Gasteiger partial charge in [-0.2, -0.15) is 0 Å². The van der Waals surface area contributed by atoms with Crippen LogP contribution in [-0.4, -0.2) is 44.5 Å². The van der Waals surface area contributed by atoms with Crippen LogP contribution in [0.1, 0.15) is 44.6 Å². The van der Waals surface area contributed by atoms with E-state index in [0.717, 1.165) is 5.56 Å². The molecular formula is C26H23ClN6O5. The lowest BCUT2D eigenvalue weighted by molar-refractivity contribution is 0.0933. The fraction of sp³-hybridized carbons (Fsp3) is 0.154. The molecule has 1 atom stereocenters. The zero-order valence-electron chi connectivity index (χ0n) is 20.1. The van der Waals surface area contributed by atoms with E-state index in [-0.39, 0.29) is 28.4 Å². The Morgan fingerprint density at radius 2 is 1.84 bits per heavy atom. The second kappa shape index (κ2) is 11.5. The number of H-pyrrole nitrogens is 1. The number of pyridine rings is 1. The maximum atomic E-state index is 13.1. The van der Waals surface area contributed by atoms with Gasteiger partial charge in [0.25, 0.3) is 17.4 Å². The first-order chi connectivity index (χ1) is 18.2. The Hall–Kier alpha value is -4.77. The normalized spacial score (nSPS) is 11.5. The van der Waals surface area contributed by atoms with Crippen molar-refractivity contribution in [2.75, 3.05) is 11.9 Å². The maximum Gasteiger partial charge on any atom is 0.404 e. The first-order valence-electron chi connectivity index (χ1n) is 11.5. The third kappa shape index (κ3) is 6.31. The number of carbonyl (C=O) groups is 3. The number of carbonyl (C=O) groups excluding carboxylic acids is 2. The van der Waals surface area contributed by atoms with E-state index in [1.54, 1.807) is 6.92 Å². The molecule has 0 saturated heterocycles. The van der Waals surface area contributed by atoms with Crippen molar-refractivity contribution in [1.29, 1.82) is 0 Å². The van der Waals surface area contributed by atoms with Crippen LogP contribution in [0.5, 0.6) is 0 Å². The molecule has 2 aromatic carbocycles. The average Bonchev–Trinajstić information content (AvgIpc) is 2.89. The van der Waals surface area contributed by atoms with E-state index in [9.17, 15) is 19.2 Å². The number of nitrogens with zero attached hydrogens (tertiary/aromatic N) is 2. The fourth-order valence-electron chi connectivity index (χ4n) is 3.77. The van der Waals surface area contributed by atoms with Gasteiger partial charge in [-0.25, -0.2) is 14.8 Å². The Balaban J connectivity index is 1.54. The van der Waals surface area contributed by atoms with Crippen LogP contribution >= 0.6 is 11.6 Å². The van der Waals surface area contributed by atoms with E-state index >= 15 is 0 Å². The highest BCUT2D eigenvalue weighted by molar-refractivity contribution is 6.34. The number of fused-ring (bicyclic) bond motifs is 1. The third-order valence-corrected chi connectivity index (χ3v) is 5.98. The van der Waals surface area contributed by atoms with Crippen molar-refractivity contribution in [3.8, 4) is 0 Å². The minimum atomic E-state index is -1.16. The Labute approximate surface area is 221 Å². The number of benzene rings is 2. The number of nitrogens with one attached hydrogen (secondary N) is 4. The molecule has 12 heteroatoms. The van der Waals surface area contributed by atoms with Crippen LogP contribution in [0.4, 0.5) is 10.5 Å². The van der Waals surface area contributed by atoms with Crippen molar-refractivity contribution < 1.29 is 19.5 Å². The molecule has 0 aliphatic rings. The maximum absolute atomic E-state index is 13.1. The highest BCUT2D eigenvalue weighted by Gasteiger charge is 2.19. The van der Waals surface area contributed by atoms with Gasteiger partial charge in [-0.3, -0.25) is 14.4 Å². The first kappa shape index (κ1) is 26.3. The van der Waals surface area contributed by atoms with Crippen LogP contribution in [0.25, 0.3) is 11.0 Å². The Bertz CT molecular complexity index is 1570. The molecule has 38 heavy (non-hydrogen) atoms. The minimum Gasteiger partial charge on any atom is -0.465 e. The number of carboxylic acid groups (broad SMARTS) is 1. The Morgan fingerprint density at radius 1 is 1.08 bits per heavy atom. The summed E-state index contributed by atoms with van der Waals surface area (Å²) in [6.45, 7) is 1.81. The van der Waals surface area contributed by atoms with Crippen LogP contribution in [0.2, 0.25) is 5.02 Å². The molecule has 0 spiro atoms. The summed E-state index contributed by atoms with van der Waals surface area (Å²) in [5, 5.41) is 17.3. The second-order valence-electron chi connectivity index (χ2n) is 8.34. The number of halogens is 1. The Morgan fingerprint density at radius 3 is 2.58 bits per heavy atom. The summed E-state index contributed by atoms with van der Waals surface area (Å²) >= 11 is 6.27. The predicted molar refractivity (Wildman–Crippen MR) is 142 cm³/mol. The van der Waals surface area contributed by atoms with E-state index in [1.165, 1.54) is 30.5 Å². The number of hydrogen-bond acceptors (Lipinski definition) is 6. The van der Waals surface area contributed by atoms with Crippen molar-refractivity contribution >= 4 is 46.2 Å². The van der Waals surface area contributed by atoms with E-state index in [0.29, 0.717) is 23.3 Å². The Kier molecular flexibility index (Phi) is 7.97. The van der Waals surface area contributed by atoms with Crippen LogP contribution in [0.15, 0.2) is 65.6 Å². The molecule has 0 saturated carbocycles. The van der Waals surface area contributed by atoms with Gasteiger partial charge in [-0.1, -0.05) is 41.9 Å². The van der Waals surface area contributed by atoms with Crippen molar-refractivity contribution in [1.82, 2.24) is 25.6 Å². The van der Waals surface area contributed by atoms with Gasteiger partial charge in [0, 0.05) is 23.7 Å². The van der Waals surface area contributed by atoms with Crippen molar-refractivity contribution in [3.63, 3.8) is 0 Å². The molecule has 2 aromatic heterocycles. The summed E-state index contributed by atoms with van der Waals surface area (Å²) in [4.78, 5) is 60.2. The quantitative estimate of drug-likeness (QED) is 0.230. The van der Waals surface area contributed by atoms with E-state index < -0.39 is 29.5 Å². The third-order valence-electron chi connectivity index (χ3n) is 5.65. The lowest BCUT2D eigenvalue weighted by Gasteiger charge is -2.20. The highest BCUT2D eigenvalue weighted by Crippen LogP contribution is 2.25. The lowest BCUT2D eigenvalue weighted by Crippen LogP contribution is -2.32. The summed E-state index contributed by atoms with van der Waals surface area (Å²) in [5.74, 6) is -0.715. The van der Waals surface area contributed by atoms with Crippen LogP contribution in [0.3, 0.4) is 0 Å². The molecule has 194 valence electrons. The van der Waals surface area contributed by atoms with Crippen molar-refractivity contribution in [3.05, 3.63) is 98.7 Å². The standard InChI is InChI=1S/C26H23ClN6O5/c1-14-29-13-17-11-18(25(36)33-22(17)30-14)24(35)32-21-12-16(7-8-19(21)27)23(34)31-20(9-10-28-26(37)38)15-5-3-2-4-6-15/h2-8,11-13,20,28H,9-10H2,1H3,(H,31,34)(H,32,35)(H,37,38)(H,29,30,33,36). The smallest absolute Gasteiger partial charge is 0.404 e. The number of aryl methyl sites for hydroxylation is 1. The SMILES string of the molecule is Cc1ncc2cc(C(=O)Nc3cc(C(=O)NC(CCNC(=O)O)c4ccccc4)ccc3Cl)c(=O)[nH]c2n1. The molecule has 11 nitrogen and oxygen atoms in total. The minimum absolute atomic E-state index is 0.127. The first-order valence-corrected chi connectivity index (χ1v) is 11.9. The summed E-state index contributed by atoms with van der Waals surface area (Å²) in [5.41, 5.74) is 0.623. The number of aromatic amines is 1. The number of amides is 3. The monoisotopic (exact) mass is 534 g/mol. The van der Waals surface area contributed by atoms with Gasteiger partial charge in [-0.05, 0) is 43.2 Å². The lowest BCUT2D eigenvalue weighted by atomic mass is 10.0. The second-order valence-corrected chi connectivity index (χ2v) is 8.75. The average molecular weight is 535 g/mol. The molecule has 5 N–H and O–H groups in total. The van der Waals surface area contributed by atoms with Gasteiger partial charge >= 0.3 is 6.09 Å². The summed E-state index contributed by atoms with van der Waals surface area (Å²) in [6, 6.07) is 14.4. The molecule has 0 aliphatic carbocycles. The molecule has 3 amide bonds. The van der Waals surface area contributed by atoms with E-state index in [1.807, 2.05) is 30.3 Å². The summed E-state index contributed by atoms with van der Waals surface area (Å²) in [6.07, 6.45) is 0.652. The molecule has 0 bridgehead atoms. The molecule has 4 aromatic rings. The zero-order valence-corrected chi connectivity index (χ0v) is 20.9. The van der Waals surface area contributed by atoms with Gasteiger partial charge in [-0.15, -0.1) is 0 Å². The summed E-state index contributed by atoms with van der Waals surface area (Å²) < 4.78 is 0. The van der Waals surface area contributed by atoms with Gasteiger partial charge in [0.1, 0.15) is 17.0 Å². The van der Waals surface area contributed by atoms with Crippen LogP contribution in [0, 0.1) is 6.92 Å². The van der Waals surface area contributed by atoms with E-state index in [2.05, 4.69) is 30.9 Å². The molecule has 0 aliphatic heterocycles. The largest absolute Gasteiger partial charge is 0.465 e. The summed E-state index contributed by atoms with van der Waals surface area (Å²) in [7, 11) is 0. The number of hydrogen-bond donors (Lipinski definition) is 5. The highest BCUT2D eigenvalue weighted by atomic mass is 35.5. The topological polar surface area (TPSA) is 166 Å². The fourth-order valence-corrected chi connectivity index (χ4v) is 3.94. The van der Waals surface area contributed by atoms with Crippen molar-refractivity contribution in [2.24, 2.45) is 0 Å². The predicted octanol–water partition coefficient (Wildman–Crippen LogP) is 3.66. The number of anilines is 1. The molecule has 2 heterocycles. The molecule has 0 fully saturated rings. The molecule has 4 rings (SSSR count).